The number of carboxylic acid groups (broad SMARTS) is 1. The molecule has 0 bridgehead atoms. The Morgan fingerprint density at radius 3 is 2.89 bits per heavy atom. The van der Waals surface area contributed by atoms with Gasteiger partial charge in [-0.25, -0.2) is 14.8 Å². The van der Waals surface area contributed by atoms with Crippen molar-refractivity contribution in [2.75, 3.05) is 5.73 Å². The lowest BCUT2D eigenvalue weighted by molar-refractivity contribution is 0.0697. The summed E-state index contributed by atoms with van der Waals surface area (Å²) in [5, 5.41) is 9.92. The highest BCUT2D eigenvalue weighted by molar-refractivity contribution is 7.98. The standard InChI is InChI=1S/C12H11N3O2S/c13-9-3-1-2-8(11(9)12(16)17)6-18-10-4-5-14-7-15-10/h1-5,7H,6,13H2,(H,16,17). The quantitative estimate of drug-likeness (QED) is 0.497. The van der Waals surface area contributed by atoms with E-state index >= 15 is 0 Å². The van der Waals surface area contributed by atoms with Crippen LogP contribution in [0.1, 0.15) is 15.9 Å². The zero-order chi connectivity index (χ0) is 13.0. The van der Waals surface area contributed by atoms with E-state index in [0.29, 0.717) is 11.3 Å². The number of nitrogens with zero attached hydrogens (tertiary/aromatic N) is 2. The molecular weight excluding hydrogens is 250 g/mol. The smallest absolute Gasteiger partial charge is 0.338 e. The molecule has 0 fully saturated rings. The van der Waals surface area contributed by atoms with E-state index in [1.54, 1.807) is 30.5 Å². The highest BCUT2D eigenvalue weighted by Gasteiger charge is 2.13. The molecule has 0 aliphatic carbocycles. The van der Waals surface area contributed by atoms with Crippen molar-refractivity contribution in [2.45, 2.75) is 10.8 Å². The first-order valence-corrected chi connectivity index (χ1v) is 6.16. The SMILES string of the molecule is Nc1cccc(CSc2ccncn2)c1C(=O)O. The number of benzene rings is 1. The van der Waals surface area contributed by atoms with Gasteiger partial charge in [0.05, 0.1) is 10.6 Å². The van der Waals surface area contributed by atoms with Crippen molar-refractivity contribution in [2.24, 2.45) is 0 Å². The Balaban J connectivity index is 2.20. The molecule has 0 unspecified atom stereocenters. The fourth-order valence-corrected chi connectivity index (χ4v) is 2.34. The highest BCUT2D eigenvalue weighted by Crippen LogP contribution is 2.25. The topological polar surface area (TPSA) is 89.1 Å². The molecule has 0 saturated heterocycles. The van der Waals surface area contributed by atoms with E-state index in [4.69, 9.17) is 10.8 Å². The summed E-state index contributed by atoms with van der Waals surface area (Å²) in [5.41, 5.74) is 6.81. The number of nitrogens with two attached hydrogens (primary N) is 1. The summed E-state index contributed by atoms with van der Waals surface area (Å²) in [7, 11) is 0. The Bertz CT molecular complexity index is 561. The summed E-state index contributed by atoms with van der Waals surface area (Å²) >= 11 is 1.44. The Morgan fingerprint density at radius 1 is 1.39 bits per heavy atom. The van der Waals surface area contributed by atoms with E-state index in [1.807, 2.05) is 0 Å². The second kappa shape index (κ2) is 5.50. The first kappa shape index (κ1) is 12.4. The van der Waals surface area contributed by atoms with E-state index in [-0.39, 0.29) is 11.3 Å². The molecule has 18 heavy (non-hydrogen) atoms. The summed E-state index contributed by atoms with van der Waals surface area (Å²) < 4.78 is 0. The van der Waals surface area contributed by atoms with Crippen LogP contribution < -0.4 is 5.73 Å². The first-order chi connectivity index (χ1) is 8.68. The average molecular weight is 261 g/mol. The number of anilines is 1. The fraction of sp³-hybridized carbons (Fsp3) is 0.0833. The second-order valence-electron chi connectivity index (χ2n) is 3.52. The van der Waals surface area contributed by atoms with E-state index in [2.05, 4.69) is 9.97 Å². The number of carbonyl (C=O) groups is 1. The monoisotopic (exact) mass is 261 g/mol. The maximum atomic E-state index is 11.1. The summed E-state index contributed by atoms with van der Waals surface area (Å²) in [5.74, 6) is -0.504. The van der Waals surface area contributed by atoms with Crippen LogP contribution in [0.4, 0.5) is 5.69 Å². The molecule has 3 N–H and O–H groups in total. The van der Waals surface area contributed by atoms with Crippen LogP contribution in [0.25, 0.3) is 0 Å². The molecule has 92 valence electrons. The van der Waals surface area contributed by atoms with Gasteiger partial charge in [-0.2, -0.15) is 0 Å². The summed E-state index contributed by atoms with van der Waals surface area (Å²) in [6.45, 7) is 0. The molecule has 1 aromatic heterocycles. The number of carboxylic acids is 1. The molecule has 0 amide bonds. The number of hydrogen-bond donors (Lipinski definition) is 2. The van der Waals surface area contributed by atoms with E-state index in [9.17, 15) is 4.79 Å². The van der Waals surface area contributed by atoms with E-state index in [0.717, 1.165) is 5.03 Å². The van der Waals surface area contributed by atoms with Crippen molar-refractivity contribution in [3.8, 4) is 0 Å². The zero-order valence-electron chi connectivity index (χ0n) is 9.41. The van der Waals surface area contributed by atoms with Crippen LogP contribution in [-0.2, 0) is 5.75 Å². The minimum atomic E-state index is -1.01. The zero-order valence-corrected chi connectivity index (χ0v) is 10.2. The summed E-state index contributed by atoms with van der Waals surface area (Å²) in [6, 6.07) is 6.87. The van der Waals surface area contributed by atoms with Gasteiger partial charge in [0, 0.05) is 17.6 Å². The van der Waals surface area contributed by atoms with E-state index < -0.39 is 5.97 Å². The molecule has 6 heteroatoms. The van der Waals surface area contributed by atoms with Crippen LogP contribution >= 0.6 is 11.8 Å². The van der Waals surface area contributed by atoms with Crippen molar-refractivity contribution >= 4 is 23.4 Å². The molecule has 0 aliphatic rings. The van der Waals surface area contributed by atoms with Gasteiger partial charge in [0.1, 0.15) is 6.33 Å². The molecule has 5 nitrogen and oxygen atoms in total. The molecule has 1 aromatic carbocycles. The van der Waals surface area contributed by atoms with Crippen LogP contribution in [0.15, 0.2) is 41.8 Å². The maximum Gasteiger partial charge on any atom is 0.338 e. The van der Waals surface area contributed by atoms with E-state index in [1.165, 1.54) is 18.1 Å². The number of hydrogen-bond acceptors (Lipinski definition) is 5. The van der Waals surface area contributed by atoms with Gasteiger partial charge >= 0.3 is 5.97 Å². The maximum absolute atomic E-state index is 11.1. The number of nitrogen functional groups attached to an aromatic ring is 1. The molecule has 0 atom stereocenters. The fourth-order valence-electron chi connectivity index (χ4n) is 1.52. The number of aromatic nitrogens is 2. The average Bonchev–Trinajstić information content (AvgIpc) is 2.37. The van der Waals surface area contributed by atoms with Crippen molar-refractivity contribution < 1.29 is 9.90 Å². The lowest BCUT2D eigenvalue weighted by Crippen LogP contribution is -2.06. The molecule has 2 aromatic rings. The molecule has 0 aliphatic heterocycles. The molecule has 2 rings (SSSR count). The van der Waals surface area contributed by atoms with Crippen LogP contribution in [0.3, 0.4) is 0 Å². The molecular formula is C12H11N3O2S. The number of thioether (sulfide) groups is 1. The predicted molar refractivity (Wildman–Crippen MR) is 69.4 cm³/mol. The molecule has 0 spiro atoms. The molecule has 0 saturated carbocycles. The Kier molecular flexibility index (Phi) is 3.78. The normalized spacial score (nSPS) is 10.2. The third kappa shape index (κ3) is 2.78. The Hall–Kier alpha value is -2.08. The highest BCUT2D eigenvalue weighted by atomic mass is 32.2. The van der Waals surface area contributed by atoms with Gasteiger partial charge in [-0.1, -0.05) is 12.1 Å². The third-order valence-corrected chi connectivity index (χ3v) is 3.32. The van der Waals surface area contributed by atoms with Crippen LogP contribution in [0.5, 0.6) is 0 Å². The molecule has 0 radical (unpaired) electrons. The van der Waals surface area contributed by atoms with Gasteiger partial charge in [0.15, 0.2) is 0 Å². The molecule has 1 heterocycles. The lowest BCUT2D eigenvalue weighted by Gasteiger charge is -2.07. The van der Waals surface area contributed by atoms with Crippen LogP contribution in [-0.4, -0.2) is 21.0 Å². The van der Waals surface area contributed by atoms with Crippen LogP contribution in [0.2, 0.25) is 0 Å². The van der Waals surface area contributed by atoms with Gasteiger partial charge in [-0.05, 0) is 17.7 Å². The van der Waals surface area contributed by atoms with Crippen molar-refractivity contribution in [3.63, 3.8) is 0 Å². The van der Waals surface area contributed by atoms with Crippen molar-refractivity contribution in [1.82, 2.24) is 9.97 Å². The van der Waals surface area contributed by atoms with Crippen molar-refractivity contribution in [1.29, 1.82) is 0 Å². The lowest BCUT2D eigenvalue weighted by atomic mass is 10.1. The first-order valence-electron chi connectivity index (χ1n) is 5.18. The Labute approximate surface area is 108 Å². The van der Waals surface area contributed by atoms with Gasteiger partial charge in [-0.3, -0.25) is 0 Å². The predicted octanol–water partition coefficient (Wildman–Crippen LogP) is 2.05. The van der Waals surface area contributed by atoms with Crippen molar-refractivity contribution in [3.05, 3.63) is 47.9 Å². The van der Waals surface area contributed by atoms with Gasteiger partial charge < -0.3 is 10.8 Å². The third-order valence-electron chi connectivity index (χ3n) is 2.33. The van der Waals surface area contributed by atoms with Gasteiger partial charge in [0.2, 0.25) is 0 Å². The minimum absolute atomic E-state index is 0.166. The second-order valence-corrected chi connectivity index (χ2v) is 4.52. The summed E-state index contributed by atoms with van der Waals surface area (Å²) in [4.78, 5) is 19.0. The minimum Gasteiger partial charge on any atom is -0.478 e. The Morgan fingerprint density at radius 2 is 2.22 bits per heavy atom. The van der Waals surface area contributed by atoms with Crippen LogP contribution in [0, 0.1) is 0 Å². The van der Waals surface area contributed by atoms with Gasteiger partial charge in [-0.15, -0.1) is 11.8 Å². The number of rotatable bonds is 4. The largest absolute Gasteiger partial charge is 0.478 e. The van der Waals surface area contributed by atoms with Gasteiger partial charge in [0.25, 0.3) is 0 Å². The number of aromatic carboxylic acids is 1. The summed E-state index contributed by atoms with van der Waals surface area (Å²) in [6.07, 6.45) is 3.10.